The van der Waals surface area contributed by atoms with E-state index in [4.69, 9.17) is 5.73 Å². The van der Waals surface area contributed by atoms with E-state index < -0.39 is 0 Å². The molecule has 2 fully saturated rings. The second-order valence-electron chi connectivity index (χ2n) is 5.59. The number of thiophene rings is 1. The fourth-order valence-electron chi connectivity index (χ4n) is 3.22. The molecule has 2 nitrogen and oxygen atoms in total. The third kappa shape index (κ3) is 2.16. The molecule has 1 aromatic rings. The van der Waals surface area contributed by atoms with Crippen molar-refractivity contribution in [2.45, 2.75) is 57.7 Å². The molecule has 1 aromatic heterocycles. The summed E-state index contributed by atoms with van der Waals surface area (Å²) in [7, 11) is 0. The molecule has 2 unspecified atom stereocenters. The molecule has 1 saturated carbocycles. The van der Waals surface area contributed by atoms with E-state index >= 15 is 0 Å². The number of piperidine rings is 1. The van der Waals surface area contributed by atoms with Gasteiger partial charge in [0.2, 0.25) is 0 Å². The molecule has 2 N–H and O–H groups in total. The number of hydrogen-bond acceptors (Lipinski definition) is 3. The molecule has 0 radical (unpaired) electrons. The standard InChI is InChI=1S/C14H22N2S/c1-9-8-12(10(2)17-9)14-13(15)4-3-7-16(14)11-5-6-11/h8,11,13-14H,3-7,15H2,1-2H3. The Morgan fingerprint density at radius 2 is 2.06 bits per heavy atom. The van der Waals surface area contributed by atoms with Crippen molar-refractivity contribution in [1.29, 1.82) is 0 Å². The number of nitrogens with zero attached hydrogens (tertiary/aromatic N) is 1. The Labute approximate surface area is 108 Å². The minimum absolute atomic E-state index is 0.331. The average Bonchev–Trinajstić information content (AvgIpc) is 3.05. The van der Waals surface area contributed by atoms with E-state index in [1.54, 1.807) is 0 Å². The van der Waals surface area contributed by atoms with Crippen molar-refractivity contribution in [2.24, 2.45) is 5.73 Å². The maximum atomic E-state index is 6.41. The second-order valence-corrected chi connectivity index (χ2v) is 7.05. The SMILES string of the molecule is Cc1cc(C2C(N)CCCN2C2CC2)c(C)s1. The minimum atomic E-state index is 0.331. The summed E-state index contributed by atoms with van der Waals surface area (Å²) < 4.78 is 0. The van der Waals surface area contributed by atoms with Crippen molar-refractivity contribution in [1.82, 2.24) is 4.90 Å². The largest absolute Gasteiger partial charge is 0.326 e. The van der Waals surface area contributed by atoms with Crippen LogP contribution in [0.4, 0.5) is 0 Å². The lowest BCUT2D eigenvalue weighted by atomic mass is 9.91. The molecule has 0 aromatic carbocycles. The van der Waals surface area contributed by atoms with Crippen LogP contribution in [0.25, 0.3) is 0 Å². The minimum Gasteiger partial charge on any atom is -0.326 e. The van der Waals surface area contributed by atoms with E-state index in [1.807, 2.05) is 11.3 Å². The monoisotopic (exact) mass is 250 g/mol. The van der Waals surface area contributed by atoms with E-state index in [0.717, 1.165) is 6.04 Å². The zero-order valence-corrected chi connectivity index (χ0v) is 11.6. The van der Waals surface area contributed by atoms with Gasteiger partial charge in [0.05, 0.1) is 6.04 Å². The molecule has 2 atom stereocenters. The average molecular weight is 250 g/mol. The van der Waals surface area contributed by atoms with Crippen molar-refractivity contribution in [3.8, 4) is 0 Å². The van der Waals surface area contributed by atoms with Crippen LogP contribution in [0.2, 0.25) is 0 Å². The molecule has 0 spiro atoms. The molecule has 3 heteroatoms. The predicted octanol–water partition coefficient (Wildman–Crippen LogP) is 2.99. The van der Waals surface area contributed by atoms with Crippen molar-refractivity contribution < 1.29 is 0 Å². The highest BCUT2D eigenvalue weighted by atomic mass is 32.1. The van der Waals surface area contributed by atoms with Gasteiger partial charge < -0.3 is 5.73 Å². The Hall–Kier alpha value is -0.380. The quantitative estimate of drug-likeness (QED) is 0.874. The van der Waals surface area contributed by atoms with Crippen LogP contribution in [0.1, 0.15) is 47.0 Å². The summed E-state index contributed by atoms with van der Waals surface area (Å²) >= 11 is 1.92. The van der Waals surface area contributed by atoms with Gasteiger partial charge in [-0.05, 0) is 57.7 Å². The smallest absolute Gasteiger partial charge is 0.0513 e. The summed E-state index contributed by atoms with van der Waals surface area (Å²) in [6.45, 7) is 5.70. The first-order valence-electron chi connectivity index (χ1n) is 6.75. The number of likely N-dealkylation sites (tertiary alicyclic amines) is 1. The molecule has 2 heterocycles. The van der Waals surface area contributed by atoms with Gasteiger partial charge in [-0.2, -0.15) is 0 Å². The highest BCUT2D eigenvalue weighted by Gasteiger charge is 2.40. The lowest BCUT2D eigenvalue weighted by Gasteiger charge is -2.40. The summed E-state index contributed by atoms with van der Waals surface area (Å²) in [6, 6.07) is 4.01. The van der Waals surface area contributed by atoms with Crippen LogP contribution < -0.4 is 5.73 Å². The highest BCUT2D eigenvalue weighted by Crippen LogP contribution is 2.41. The fraction of sp³-hybridized carbons (Fsp3) is 0.714. The molecule has 1 aliphatic heterocycles. The number of aryl methyl sites for hydroxylation is 2. The predicted molar refractivity (Wildman–Crippen MR) is 73.5 cm³/mol. The number of nitrogens with two attached hydrogens (primary N) is 1. The van der Waals surface area contributed by atoms with Gasteiger partial charge in [-0.3, -0.25) is 4.90 Å². The highest BCUT2D eigenvalue weighted by molar-refractivity contribution is 7.12. The first kappa shape index (κ1) is 11.7. The summed E-state index contributed by atoms with van der Waals surface area (Å²) in [5.74, 6) is 0. The van der Waals surface area contributed by atoms with E-state index in [1.165, 1.54) is 47.5 Å². The Kier molecular flexibility index (Phi) is 3.01. The molecule has 94 valence electrons. The van der Waals surface area contributed by atoms with Crippen LogP contribution >= 0.6 is 11.3 Å². The number of rotatable bonds is 2. The van der Waals surface area contributed by atoms with Crippen molar-refractivity contribution in [3.63, 3.8) is 0 Å². The van der Waals surface area contributed by atoms with Gasteiger partial charge in [-0.25, -0.2) is 0 Å². The third-order valence-corrected chi connectivity index (χ3v) is 5.11. The maximum Gasteiger partial charge on any atom is 0.0513 e. The molecule has 3 rings (SSSR count). The van der Waals surface area contributed by atoms with E-state index in [9.17, 15) is 0 Å². The molecule has 1 saturated heterocycles. The molecule has 0 bridgehead atoms. The first-order valence-corrected chi connectivity index (χ1v) is 7.56. The van der Waals surface area contributed by atoms with Crippen molar-refractivity contribution in [2.75, 3.05) is 6.54 Å². The van der Waals surface area contributed by atoms with Gasteiger partial charge in [0.15, 0.2) is 0 Å². The summed E-state index contributed by atoms with van der Waals surface area (Å²) in [6.07, 6.45) is 5.22. The lowest BCUT2D eigenvalue weighted by Crippen LogP contribution is -2.46. The Bertz CT molecular complexity index is 408. The summed E-state index contributed by atoms with van der Waals surface area (Å²) in [4.78, 5) is 5.57. The van der Waals surface area contributed by atoms with E-state index in [-0.39, 0.29) is 0 Å². The molecular weight excluding hydrogens is 228 g/mol. The van der Waals surface area contributed by atoms with Gasteiger partial charge in [0.25, 0.3) is 0 Å². The maximum absolute atomic E-state index is 6.41. The van der Waals surface area contributed by atoms with Crippen LogP contribution in [-0.4, -0.2) is 23.5 Å². The zero-order chi connectivity index (χ0) is 12.0. The number of hydrogen-bond donors (Lipinski definition) is 1. The third-order valence-electron chi connectivity index (χ3n) is 4.13. The topological polar surface area (TPSA) is 29.3 Å². The molecule has 17 heavy (non-hydrogen) atoms. The summed E-state index contributed by atoms with van der Waals surface area (Å²) in [5, 5.41) is 0. The van der Waals surface area contributed by atoms with Gasteiger partial charge >= 0.3 is 0 Å². The van der Waals surface area contributed by atoms with Gasteiger partial charge in [-0.15, -0.1) is 11.3 Å². The van der Waals surface area contributed by atoms with Crippen LogP contribution in [0.5, 0.6) is 0 Å². The summed E-state index contributed by atoms with van der Waals surface area (Å²) in [5.41, 5.74) is 7.91. The lowest BCUT2D eigenvalue weighted by molar-refractivity contribution is 0.119. The van der Waals surface area contributed by atoms with Gasteiger partial charge in [-0.1, -0.05) is 0 Å². The van der Waals surface area contributed by atoms with Gasteiger partial charge in [0, 0.05) is 21.8 Å². The molecular formula is C14H22N2S. The zero-order valence-electron chi connectivity index (χ0n) is 10.8. The van der Waals surface area contributed by atoms with Crippen LogP contribution in [0, 0.1) is 13.8 Å². The normalized spacial score (nSPS) is 30.8. The molecule has 0 amide bonds. The van der Waals surface area contributed by atoms with Crippen LogP contribution in [0.3, 0.4) is 0 Å². The first-order chi connectivity index (χ1) is 8.16. The van der Waals surface area contributed by atoms with Crippen LogP contribution in [0.15, 0.2) is 6.07 Å². The van der Waals surface area contributed by atoms with E-state index in [2.05, 4.69) is 24.8 Å². The van der Waals surface area contributed by atoms with E-state index in [0.29, 0.717) is 12.1 Å². The second kappa shape index (κ2) is 4.38. The Morgan fingerprint density at radius 3 is 2.65 bits per heavy atom. The molecule has 2 aliphatic rings. The Balaban J connectivity index is 1.93. The van der Waals surface area contributed by atoms with Crippen LogP contribution in [-0.2, 0) is 0 Å². The van der Waals surface area contributed by atoms with Gasteiger partial charge in [0.1, 0.15) is 0 Å². The van der Waals surface area contributed by atoms with Crippen molar-refractivity contribution in [3.05, 3.63) is 21.4 Å². The molecule has 1 aliphatic carbocycles. The van der Waals surface area contributed by atoms with Crippen molar-refractivity contribution >= 4 is 11.3 Å². The fourth-order valence-corrected chi connectivity index (χ4v) is 4.19. The Morgan fingerprint density at radius 1 is 1.29 bits per heavy atom.